The number of allylic oxidation sites excluding steroid dienone is 9. The summed E-state index contributed by atoms with van der Waals surface area (Å²) in [5.74, 6) is 2.64. The van der Waals surface area contributed by atoms with Crippen LogP contribution in [-0.2, 0) is 14.4 Å². The Morgan fingerprint density at radius 3 is 1.52 bits per heavy atom. The lowest BCUT2D eigenvalue weighted by atomic mass is 9.61. The standard InChI is InChI=1S/2C29H42O4/c1-18(7-12-27(33)29(14-15-29)20(3)30)24-10-11-25-21(6-5-13-28(24,25)4)8-9-22-16-23(31)17-26(32)19(22)2;1-18(9-14-27(33)28(4,5)20(3)30)24-12-13-25-21(8-7-15-29(24,25)6)10-11-22-16-23(31)17-26(32)19(22)2/h7-9,12,18,23-27,31-33H,2,5-6,10-11,13-17H2,1,3-4H3;9-11,14,18,23-26,31-32H,2,7-8,12-13,15-17H2,1,3-6H3/b12-7+,21-8+,22-9-;14-9+,21-10+,22-11-/t18-,23-,24-,25+,26+,27-,28-;18-,23-,24-,25+,26+,29-/m11/s1. The molecule has 7 saturated carbocycles. The molecule has 0 aliphatic heterocycles. The van der Waals surface area contributed by atoms with Crippen molar-refractivity contribution >= 4 is 17.3 Å². The van der Waals surface area contributed by atoms with Gasteiger partial charge in [-0.25, -0.2) is 0 Å². The van der Waals surface area contributed by atoms with Crippen LogP contribution < -0.4 is 0 Å². The first-order valence-corrected chi connectivity index (χ1v) is 25.5. The van der Waals surface area contributed by atoms with E-state index in [4.69, 9.17) is 0 Å². The molecule has 13 atom stereocenters. The molecule has 364 valence electrons. The zero-order valence-corrected chi connectivity index (χ0v) is 41.7. The Morgan fingerprint density at radius 1 is 0.667 bits per heavy atom. The fourth-order valence-corrected chi connectivity index (χ4v) is 13.6. The van der Waals surface area contributed by atoms with Crippen molar-refractivity contribution in [2.45, 2.75) is 189 Å². The fourth-order valence-electron chi connectivity index (χ4n) is 13.6. The van der Waals surface area contributed by atoms with Crippen LogP contribution in [0.25, 0.3) is 0 Å². The molecule has 7 aliphatic carbocycles. The van der Waals surface area contributed by atoms with E-state index in [2.05, 4.69) is 71.2 Å². The quantitative estimate of drug-likeness (QED) is 0.0737. The lowest BCUT2D eigenvalue weighted by Crippen LogP contribution is -2.35. The maximum Gasteiger partial charge on any atom is 0.168 e. The summed E-state index contributed by atoms with van der Waals surface area (Å²) >= 11 is 0. The molecule has 0 spiro atoms. The van der Waals surface area contributed by atoms with Gasteiger partial charge in [-0.05, 0) is 192 Å². The van der Waals surface area contributed by atoms with Crippen molar-refractivity contribution in [3.05, 3.63) is 95.2 Å². The SMILES string of the molecule is C=C1/C(=C\C=C2/CCC[C@]3(C)[C@@H]([C@H](C)/C=C/C(=O)C(C)(C)C(C)=O)CC[C@@H]23)C[C@@H](O)C[C@@H]1O.C=C1/C(=C\C=C2/CCC[C@]3(C)[C@@H]([C@H](C)/C=C/[C@@H](O)C4(C(C)=O)CC4)CC[C@@H]23)C[C@@H](O)C[C@@H]1O. The van der Waals surface area contributed by atoms with Crippen LogP contribution in [0.5, 0.6) is 0 Å². The van der Waals surface area contributed by atoms with Gasteiger partial charge in [0.1, 0.15) is 11.6 Å². The predicted molar refractivity (Wildman–Crippen MR) is 264 cm³/mol. The van der Waals surface area contributed by atoms with E-state index in [0.29, 0.717) is 55.3 Å². The first-order chi connectivity index (χ1) is 31.0. The first-order valence-electron chi connectivity index (χ1n) is 25.5. The average Bonchev–Trinajstić information content (AvgIpc) is 3.89. The second-order valence-corrected chi connectivity index (χ2v) is 23.0. The van der Waals surface area contributed by atoms with Gasteiger partial charge in [0.2, 0.25) is 0 Å². The number of carbonyl (C=O) groups excluding carboxylic acids is 3. The summed E-state index contributed by atoms with van der Waals surface area (Å²) in [7, 11) is 0. The normalized spacial score (nSPS) is 38.3. The number of ketones is 3. The third-order valence-corrected chi connectivity index (χ3v) is 18.6. The highest BCUT2D eigenvalue weighted by molar-refractivity contribution is 6.10. The highest BCUT2D eigenvalue weighted by Gasteiger charge is 2.54. The molecule has 0 aromatic carbocycles. The van der Waals surface area contributed by atoms with Crippen molar-refractivity contribution < 1.29 is 39.9 Å². The Labute approximate surface area is 396 Å². The lowest BCUT2D eigenvalue weighted by molar-refractivity contribution is -0.134. The molecule has 7 rings (SSSR count). The average molecular weight is 909 g/mol. The monoisotopic (exact) mass is 909 g/mol. The summed E-state index contributed by atoms with van der Waals surface area (Å²) in [6.07, 6.45) is 28.5. The van der Waals surface area contributed by atoms with Gasteiger partial charge in [-0.1, -0.05) is 94.5 Å². The molecule has 8 nitrogen and oxygen atoms in total. The molecule has 0 saturated heterocycles. The minimum atomic E-state index is -0.961. The number of rotatable bonds is 12. The van der Waals surface area contributed by atoms with Crippen LogP contribution in [-0.4, -0.2) is 73.4 Å². The van der Waals surface area contributed by atoms with E-state index in [0.717, 1.165) is 67.2 Å². The van der Waals surface area contributed by atoms with E-state index in [9.17, 15) is 39.9 Å². The molecule has 7 fully saturated rings. The minimum absolute atomic E-state index is 0.102. The number of Topliss-reactive ketones (excluding diaryl/α,β-unsaturated/α-hetero) is 2. The van der Waals surface area contributed by atoms with E-state index in [-0.39, 0.29) is 34.1 Å². The summed E-state index contributed by atoms with van der Waals surface area (Å²) in [4.78, 5) is 36.3. The second-order valence-electron chi connectivity index (χ2n) is 23.0. The highest BCUT2D eigenvalue weighted by Crippen LogP contribution is 2.61. The Bertz CT molecular complexity index is 2060. The van der Waals surface area contributed by atoms with Crippen LogP contribution in [0.3, 0.4) is 0 Å². The molecule has 0 aromatic heterocycles. The lowest BCUT2D eigenvalue weighted by Gasteiger charge is -2.44. The highest BCUT2D eigenvalue weighted by atomic mass is 16.3. The molecule has 0 heterocycles. The number of fused-ring (bicyclic) bond motifs is 2. The van der Waals surface area contributed by atoms with E-state index >= 15 is 0 Å². The molecular formula is C58H84O8. The van der Waals surface area contributed by atoms with Gasteiger partial charge in [0.15, 0.2) is 5.78 Å². The number of hydrogen-bond acceptors (Lipinski definition) is 8. The van der Waals surface area contributed by atoms with Crippen LogP contribution in [0.15, 0.2) is 95.2 Å². The molecule has 5 N–H and O–H groups in total. The largest absolute Gasteiger partial charge is 0.393 e. The maximum absolute atomic E-state index is 12.6. The van der Waals surface area contributed by atoms with Gasteiger partial charge < -0.3 is 25.5 Å². The van der Waals surface area contributed by atoms with Gasteiger partial charge in [0, 0.05) is 12.8 Å². The van der Waals surface area contributed by atoms with Gasteiger partial charge in [0.05, 0.1) is 41.3 Å². The van der Waals surface area contributed by atoms with Crippen molar-refractivity contribution in [2.75, 3.05) is 0 Å². The van der Waals surface area contributed by atoms with Gasteiger partial charge in [-0.2, -0.15) is 0 Å². The van der Waals surface area contributed by atoms with Gasteiger partial charge in [-0.3, -0.25) is 14.4 Å². The molecule has 0 amide bonds. The van der Waals surface area contributed by atoms with E-state index in [1.54, 1.807) is 26.8 Å². The number of aliphatic hydroxyl groups is 5. The minimum Gasteiger partial charge on any atom is -0.393 e. The Hall–Kier alpha value is -3.27. The topological polar surface area (TPSA) is 152 Å². The van der Waals surface area contributed by atoms with Crippen molar-refractivity contribution in [3.8, 4) is 0 Å². The molecule has 0 aromatic rings. The summed E-state index contributed by atoms with van der Waals surface area (Å²) in [6, 6.07) is 0. The Balaban J connectivity index is 0.000000218. The summed E-state index contributed by atoms with van der Waals surface area (Å²) < 4.78 is 0. The molecule has 66 heavy (non-hydrogen) atoms. The van der Waals surface area contributed by atoms with E-state index < -0.39 is 41.3 Å². The number of hydrogen-bond donors (Lipinski definition) is 5. The van der Waals surface area contributed by atoms with Crippen LogP contribution in [0, 0.1) is 57.2 Å². The Kier molecular flexibility index (Phi) is 16.4. The first kappa shape index (κ1) is 52.1. The van der Waals surface area contributed by atoms with Crippen LogP contribution in [0.2, 0.25) is 0 Å². The van der Waals surface area contributed by atoms with Crippen molar-refractivity contribution in [1.29, 1.82) is 0 Å². The van der Waals surface area contributed by atoms with Crippen LogP contribution in [0.4, 0.5) is 0 Å². The predicted octanol–water partition coefficient (Wildman–Crippen LogP) is 10.6. The van der Waals surface area contributed by atoms with Gasteiger partial charge in [-0.15, -0.1) is 0 Å². The van der Waals surface area contributed by atoms with Gasteiger partial charge >= 0.3 is 0 Å². The second kappa shape index (κ2) is 20.8. The summed E-state index contributed by atoms with van der Waals surface area (Å²) in [6.45, 7) is 23.9. The van der Waals surface area contributed by atoms with Gasteiger partial charge in [0.25, 0.3) is 0 Å². The summed E-state index contributed by atoms with van der Waals surface area (Å²) in [5, 5.41) is 51.0. The van der Waals surface area contributed by atoms with Crippen LogP contribution >= 0.6 is 0 Å². The van der Waals surface area contributed by atoms with Crippen LogP contribution in [0.1, 0.15) is 158 Å². The third kappa shape index (κ3) is 10.8. The molecular weight excluding hydrogens is 825 g/mol. The molecule has 0 radical (unpaired) electrons. The fraction of sp³-hybridized carbons (Fsp3) is 0.672. The number of carbonyl (C=O) groups is 3. The molecule has 0 bridgehead atoms. The molecule has 7 aliphatic rings. The maximum atomic E-state index is 12.6. The zero-order chi connectivity index (χ0) is 48.5. The molecule has 8 heteroatoms. The Morgan fingerprint density at radius 2 is 1.11 bits per heavy atom. The van der Waals surface area contributed by atoms with E-state index in [1.165, 1.54) is 50.2 Å². The molecule has 0 unspecified atom stereocenters. The van der Waals surface area contributed by atoms with E-state index in [1.807, 2.05) is 12.2 Å². The van der Waals surface area contributed by atoms with Crippen molar-refractivity contribution in [3.63, 3.8) is 0 Å². The number of aliphatic hydroxyl groups excluding tert-OH is 5. The smallest absolute Gasteiger partial charge is 0.168 e. The van der Waals surface area contributed by atoms with Crippen molar-refractivity contribution in [1.82, 2.24) is 0 Å². The zero-order valence-electron chi connectivity index (χ0n) is 41.7. The van der Waals surface area contributed by atoms with Crippen molar-refractivity contribution in [2.24, 2.45) is 57.2 Å². The third-order valence-electron chi connectivity index (χ3n) is 18.6. The summed E-state index contributed by atoms with van der Waals surface area (Å²) in [5.41, 5.74) is 5.31.